The summed E-state index contributed by atoms with van der Waals surface area (Å²) in [6.45, 7) is 2.59. The van der Waals surface area contributed by atoms with Gasteiger partial charge in [0.05, 0.1) is 81.1 Å². The third-order valence-corrected chi connectivity index (χ3v) is 10.4. The van der Waals surface area contributed by atoms with Gasteiger partial charge in [0.1, 0.15) is 11.5 Å². The van der Waals surface area contributed by atoms with Gasteiger partial charge in [0, 0.05) is 0 Å². The highest BCUT2D eigenvalue weighted by atomic mass is 31.2. The summed E-state index contributed by atoms with van der Waals surface area (Å²) in [6, 6.07) is 15.3. The first-order chi connectivity index (χ1) is 29.1. The number of benzene rings is 2. The van der Waals surface area contributed by atoms with Crippen LogP contribution in [0.4, 0.5) is 0 Å². The van der Waals surface area contributed by atoms with E-state index in [1.165, 1.54) is 38.5 Å². The number of carbonyl (C=O) groups is 2. The highest BCUT2D eigenvalue weighted by molar-refractivity contribution is 7.47. The lowest BCUT2D eigenvalue weighted by Crippen LogP contribution is -2.43. The first-order valence-corrected chi connectivity index (χ1v) is 23.9. The van der Waals surface area contributed by atoms with Crippen LogP contribution in [0.25, 0.3) is 0 Å². The number of ether oxygens (including phenoxy) is 2. The van der Waals surface area contributed by atoms with Gasteiger partial charge in [0.2, 0.25) is 0 Å². The summed E-state index contributed by atoms with van der Waals surface area (Å²) in [6.07, 6.45) is 22.7. The molecule has 0 bridgehead atoms. The molecule has 0 aliphatic carbocycles. The summed E-state index contributed by atoms with van der Waals surface area (Å²) in [5.74, 6) is 1.41. The zero-order valence-electron chi connectivity index (χ0n) is 38.3. The Morgan fingerprint density at radius 2 is 0.787 bits per heavy atom. The number of phosphoric acid groups is 1. The summed E-state index contributed by atoms with van der Waals surface area (Å²) in [4.78, 5) is 33.7. The minimum Gasteiger partial charge on any atom is -0.494 e. The van der Waals surface area contributed by atoms with Crippen LogP contribution >= 0.6 is 7.82 Å². The number of amides is 2. The van der Waals surface area contributed by atoms with E-state index in [1.807, 2.05) is 90.8 Å². The second-order valence-corrected chi connectivity index (χ2v) is 19.3. The monoisotopic (exact) mass is 875 g/mol. The summed E-state index contributed by atoms with van der Waals surface area (Å²) in [5, 5.41) is 8.05. The second kappa shape index (κ2) is 31.2. The van der Waals surface area contributed by atoms with Crippen LogP contribution in [0.1, 0.15) is 127 Å². The van der Waals surface area contributed by atoms with E-state index < -0.39 is 7.82 Å². The van der Waals surface area contributed by atoms with Crippen molar-refractivity contribution in [3.63, 3.8) is 0 Å². The number of likely N-dealkylation sites (N-methyl/N-ethyl adjacent to an activating group) is 2. The van der Waals surface area contributed by atoms with E-state index in [1.54, 1.807) is 12.4 Å². The van der Waals surface area contributed by atoms with Gasteiger partial charge in [-0.2, -0.15) is 10.2 Å². The molecular weight excluding hydrogens is 796 g/mol. The number of rotatable bonds is 36. The third kappa shape index (κ3) is 31.8. The van der Waals surface area contributed by atoms with Gasteiger partial charge in [-0.3, -0.25) is 18.6 Å². The Balaban J connectivity index is 1.32. The van der Waals surface area contributed by atoms with Crippen LogP contribution in [0.15, 0.2) is 58.7 Å². The van der Waals surface area contributed by atoms with Crippen molar-refractivity contribution in [3.05, 3.63) is 59.7 Å². The molecule has 2 rings (SSSR count). The predicted octanol–water partition coefficient (Wildman–Crippen LogP) is 8.61. The number of phosphoric ester groups is 1. The summed E-state index contributed by atoms with van der Waals surface area (Å²) in [5.41, 5.74) is 6.90. The van der Waals surface area contributed by atoms with Crippen molar-refractivity contribution in [3.8, 4) is 11.5 Å². The van der Waals surface area contributed by atoms with Gasteiger partial charge in [0.15, 0.2) is 13.1 Å². The number of quaternary nitrogens is 2. The molecule has 15 heteroatoms. The fourth-order valence-electron chi connectivity index (χ4n) is 6.25. The number of nitrogens with zero attached hydrogens (tertiary/aromatic N) is 4. The molecule has 0 unspecified atom stereocenters. The van der Waals surface area contributed by atoms with E-state index in [9.17, 15) is 19.0 Å². The van der Waals surface area contributed by atoms with Crippen LogP contribution in [-0.2, 0) is 23.2 Å². The third-order valence-electron chi connectivity index (χ3n) is 9.43. The zero-order chi connectivity index (χ0) is 44.7. The van der Waals surface area contributed by atoms with Gasteiger partial charge in [-0.05, 0) is 85.3 Å². The largest absolute Gasteiger partial charge is 0.494 e. The lowest BCUT2D eigenvalue weighted by atomic mass is 10.1. The summed E-state index contributed by atoms with van der Waals surface area (Å²) < 4.78 is 35.4. The van der Waals surface area contributed by atoms with E-state index in [4.69, 9.17) is 18.5 Å². The first kappa shape index (κ1) is 53.5. The van der Waals surface area contributed by atoms with E-state index in [2.05, 4.69) is 21.1 Å². The maximum absolute atomic E-state index is 12.2. The van der Waals surface area contributed by atoms with Crippen LogP contribution in [-0.4, -0.2) is 120 Å². The predicted molar refractivity (Wildman–Crippen MR) is 246 cm³/mol. The summed E-state index contributed by atoms with van der Waals surface area (Å²) >= 11 is 0. The van der Waals surface area contributed by atoms with Gasteiger partial charge >= 0.3 is 7.82 Å². The molecule has 0 aromatic heterocycles. The quantitative estimate of drug-likeness (QED) is 0.0202. The lowest BCUT2D eigenvalue weighted by Gasteiger charge is -2.22. The maximum Gasteiger partial charge on any atom is 0.472 e. The fraction of sp³-hybridized carbons (Fsp3) is 0.652. The maximum atomic E-state index is 12.2. The number of unbranched alkanes of at least 4 members (excludes halogenated alkanes) is 16. The Kier molecular flexibility index (Phi) is 27.4. The van der Waals surface area contributed by atoms with Crippen LogP contribution in [0, 0.1) is 0 Å². The Labute approximate surface area is 367 Å². The zero-order valence-corrected chi connectivity index (χ0v) is 39.2. The van der Waals surface area contributed by atoms with Crippen molar-refractivity contribution in [1.82, 2.24) is 10.9 Å². The number of hydrogen-bond donors (Lipinski definition) is 3. The number of nitrogens with one attached hydrogen (secondary N) is 2. The minimum absolute atomic E-state index is 0.120. The van der Waals surface area contributed by atoms with Gasteiger partial charge < -0.3 is 23.3 Å². The number of hydrogen-bond acceptors (Lipinski definition) is 9. The average Bonchev–Trinajstić information content (AvgIpc) is 3.18. The van der Waals surface area contributed by atoms with Crippen molar-refractivity contribution in [1.29, 1.82) is 0 Å². The second-order valence-electron chi connectivity index (χ2n) is 17.8. The molecule has 2 aromatic rings. The molecule has 0 aliphatic rings. The van der Waals surface area contributed by atoms with Crippen molar-refractivity contribution in [2.45, 2.75) is 116 Å². The Hall–Kier alpha value is -3.65. The molecule has 2 amide bonds. The highest BCUT2D eigenvalue weighted by Gasteiger charge is 2.20. The van der Waals surface area contributed by atoms with E-state index >= 15 is 0 Å². The first-order valence-electron chi connectivity index (χ1n) is 22.4. The van der Waals surface area contributed by atoms with Crippen LogP contribution < -0.4 is 20.3 Å². The Morgan fingerprint density at radius 1 is 0.508 bits per heavy atom. The average molecular weight is 875 g/mol. The molecule has 0 atom stereocenters. The molecule has 0 fully saturated rings. The standard InChI is InChI=1S/C46H77N6O8P/c1-51(2,3)39-45(53)49-47-37-41-25-29-43(30-26-41)57-33-21-17-13-9-7-11-15-19-23-35-59-61(55,56)60-36-24-20-16-12-8-10-14-18-22-34-58-44-31-27-42(28-32-44)38-48-50-46(54)40-52(4,5)6/h25-32,37-38H,7-24,33-36,39-40H2,1-6H3,(H-2,49,50,53,54,55,56)/p+2/b47-37-,48-38-. The molecule has 0 spiro atoms. The van der Waals surface area contributed by atoms with Gasteiger partial charge in [-0.15, -0.1) is 0 Å². The molecule has 0 aliphatic heterocycles. The molecule has 344 valence electrons. The molecule has 14 nitrogen and oxygen atoms in total. The smallest absolute Gasteiger partial charge is 0.472 e. The number of carbonyl (C=O) groups excluding carboxylic acids is 2. The normalized spacial score (nSPS) is 12.3. The SMILES string of the molecule is C[N+](C)(C)CC(=O)N/N=C\c1ccc(OCCCCCCCCCCCOP(=O)(O)OCCCCCCCCCCCOc2ccc(/C=N\NC(=O)C[N+](C)(C)C)cc2)cc1. The molecular formula is C46H79N6O8P+2. The van der Waals surface area contributed by atoms with E-state index in [-0.39, 0.29) is 25.0 Å². The van der Waals surface area contributed by atoms with Crippen LogP contribution in [0.5, 0.6) is 11.5 Å². The summed E-state index contributed by atoms with van der Waals surface area (Å²) in [7, 11) is 7.76. The molecule has 0 radical (unpaired) electrons. The molecule has 0 saturated heterocycles. The lowest BCUT2D eigenvalue weighted by molar-refractivity contribution is -0.862. The van der Waals surface area contributed by atoms with Crippen molar-refractivity contribution < 1.29 is 46.5 Å². The van der Waals surface area contributed by atoms with Gasteiger partial charge in [-0.1, -0.05) is 89.9 Å². The highest BCUT2D eigenvalue weighted by Crippen LogP contribution is 2.43. The van der Waals surface area contributed by atoms with E-state index in [0.717, 1.165) is 99.7 Å². The topological polar surface area (TPSA) is 157 Å². The molecule has 0 heterocycles. The van der Waals surface area contributed by atoms with E-state index in [0.29, 0.717) is 35.3 Å². The van der Waals surface area contributed by atoms with Crippen molar-refractivity contribution >= 4 is 32.1 Å². The molecule has 0 saturated carbocycles. The fourth-order valence-corrected chi connectivity index (χ4v) is 7.04. The van der Waals surface area contributed by atoms with Crippen molar-refractivity contribution in [2.75, 3.05) is 81.8 Å². The number of hydrazone groups is 2. The van der Waals surface area contributed by atoms with Crippen LogP contribution in [0.3, 0.4) is 0 Å². The van der Waals surface area contributed by atoms with Gasteiger partial charge in [-0.25, -0.2) is 15.4 Å². The minimum atomic E-state index is -3.98. The van der Waals surface area contributed by atoms with Crippen molar-refractivity contribution in [2.24, 2.45) is 10.2 Å². The Morgan fingerprint density at radius 3 is 1.08 bits per heavy atom. The Bertz CT molecular complexity index is 1460. The molecule has 3 N–H and O–H groups in total. The van der Waals surface area contributed by atoms with Gasteiger partial charge in [0.25, 0.3) is 11.8 Å². The molecule has 2 aromatic carbocycles. The van der Waals surface area contributed by atoms with Crippen LogP contribution in [0.2, 0.25) is 0 Å². The molecule has 61 heavy (non-hydrogen) atoms.